The highest BCUT2D eigenvalue weighted by molar-refractivity contribution is 5.88. The van der Waals surface area contributed by atoms with Gasteiger partial charge in [0.2, 0.25) is 5.88 Å². The van der Waals surface area contributed by atoms with Crippen molar-refractivity contribution in [1.82, 2.24) is 4.98 Å². The normalized spacial score (nSPS) is 11.9. The number of rotatable bonds is 7. The van der Waals surface area contributed by atoms with Gasteiger partial charge in [-0.15, -0.1) is 0 Å². The van der Waals surface area contributed by atoms with Crippen LogP contribution in [-0.2, 0) is 11.2 Å². The lowest BCUT2D eigenvalue weighted by Gasteiger charge is -2.18. The monoisotopic (exact) mass is 397 g/mol. The summed E-state index contributed by atoms with van der Waals surface area (Å²) in [5, 5.41) is 11.3. The number of fused-ring (bicyclic) bond motifs is 1. The lowest BCUT2D eigenvalue weighted by Crippen LogP contribution is -2.06. The molecular weight excluding hydrogens is 374 g/mol. The quantitative estimate of drug-likeness (QED) is 0.412. The molecule has 0 saturated heterocycles. The largest absolute Gasteiger partial charge is 0.481 e. The number of carboxylic acid groups (broad SMARTS) is 1. The summed E-state index contributed by atoms with van der Waals surface area (Å²) in [6.45, 7) is 2.00. The van der Waals surface area contributed by atoms with Crippen LogP contribution in [0.15, 0.2) is 85.1 Å². The summed E-state index contributed by atoms with van der Waals surface area (Å²) < 4.78 is 6.25. The first kappa shape index (κ1) is 19.6. The lowest BCUT2D eigenvalue weighted by molar-refractivity contribution is -0.136. The second-order valence-electron chi connectivity index (χ2n) is 7.32. The summed E-state index contributed by atoms with van der Waals surface area (Å²) in [5.41, 5.74) is 3.80. The van der Waals surface area contributed by atoms with Crippen molar-refractivity contribution in [3.8, 4) is 17.0 Å². The van der Waals surface area contributed by atoms with Gasteiger partial charge in [-0.1, -0.05) is 66.7 Å². The Morgan fingerprint density at radius 1 is 0.967 bits per heavy atom. The Labute approximate surface area is 175 Å². The second-order valence-corrected chi connectivity index (χ2v) is 7.32. The van der Waals surface area contributed by atoms with Gasteiger partial charge in [-0.05, 0) is 52.9 Å². The number of ether oxygens (including phenoxy) is 1. The van der Waals surface area contributed by atoms with Crippen LogP contribution in [0.1, 0.15) is 30.6 Å². The molecular formula is C26H23NO3. The smallest absolute Gasteiger partial charge is 0.303 e. The second kappa shape index (κ2) is 8.78. The fourth-order valence-corrected chi connectivity index (χ4v) is 3.50. The number of carboxylic acids is 1. The topological polar surface area (TPSA) is 59.4 Å². The van der Waals surface area contributed by atoms with Crippen LogP contribution in [0, 0.1) is 0 Å². The SMILES string of the molecule is C[C@@H](Oc1ncc(CCC(=O)O)cc1-c1ccc2ccccc2c1)c1ccccc1. The summed E-state index contributed by atoms with van der Waals surface area (Å²) in [4.78, 5) is 15.6. The van der Waals surface area contributed by atoms with Crippen molar-refractivity contribution in [3.63, 3.8) is 0 Å². The average molecular weight is 397 g/mol. The number of aryl methyl sites for hydroxylation is 1. The van der Waals surface area contributed by atoms with E-state index in [-0.39, 0.29) is 12.5 Å². The fraction of sp³-hybridized carbons (Fsp3) is 0.154. The first-order chi connectivity index (χ1) is 14.6. The molecule has 0 fully saturated rings. The minimum Gasteiger partial charge on any atom is -0.481 e. The van der Waals surface area contributed by atoms with E-state index in [0.29, 0.717) is 12.3 Å². The molecule has 0 unspecified atom stereocenters. The molecule has 1 N–H and O–H groups in total. The molecule has 0 aliphatic rings. The summed E-state index contributed by atoms with van der Waals surface area (Å²) in [6.07, 6.45) is 2.04. The van der Waals surface area contributed by atoms with E-state index < -0.39 is 5.97 Å². The summed E-state index contributed by atoms with van der Waals surface area (Å²) in [6, 6.07) is 26.5. The zero-order valence-corrected chi connectivity index (χ0v) is 16.8. The molecule has 1 aromatic heterocycles. The van der Waals surface area contributed by atoms with E-state index in [2.05, 4.69) is 35.3 Å². The molecule has 4 aromatic rings. The molecule has 30 heavy (non-hydrogen) atoms. The third-order valence-electron chi connectivity index (χ3n) is 5.15. The van der Waals surface area contributed by atoms with Crippen molar-refractivity contribution in [1.29, 1.82) is 0 Å². The maximum Gasteiger partial charge on any atom is 0.303 e. The molecule has 0 radical (unpaired) electrons. The molecule has 4 rings (SSSR count). The Balaban J connectivity index is 1.73. The number of aromatic nitrogens is 1. The standard InChI is InChI=1S/C26H23NO3/c1-18(20-7-3-2-4-8-20)30-26-24(15-19(17-27-26)11-14-25(28)29)23-13-12-21-9-5-6-10-22(21)16-23/h2-10,12-13,15-18H,11,14H2,1H3,(H,28,29)/t18-/m1/s1. The first-order valence-electron chi connectivity index (χ1n) is 10.0. The Morgan fingerprint density at radius 3 is 2.47 bits per heavy atom. The van der Waals surface area contributed by atoms with E-state index in [1.165, 1.54) is 0 Å². The maximum atomic E-state index is 11.0. The van der Waals surface area contributed by atoms with Gasteiger partial charge in [-0.2, -0.15) is 0 Å². The minimum absolute atomic E-state index is 0.0689. The lowest BCUT2D eigenvalue weighted by atomic mass is 10.00. The number of nitrogens with zero attached hydrogens (tertiary/aromatic N) is 1. The van der Waals surface area contributed by atoms with Gasteiger partial charge in [-0.3, -0.25) is 4.79 Å². The van der Waals surface area contributed by atoms with E-state index in [1.54, 1.807) is 6.20 Å². The van der Waals surface area contributed by atoms with E-state index >= 15 is 0 Å². The van der Waals surface area contributed by atoms with E-state index in [0.717, 1.165) is 33.0 Å². The van der Waals surface area contributed by atoms with E-state index in [9.17, 15) is 4.79 Å². The van der Waals surface area contributed by atoms with Crippen molar-refractivity contribution >= 4 is 16.7 Å². The maximum absolute atomic E-state index is 11.0. The molecule has 3 aromatic carbocycles. The minimum atomic E-state index is -0.819. The Hall–Kier alpha value is -3.66. The summed E-state index contributed by atoms with van der Waals surface area (Å²) in [5.74, 6) is -0.277. The van der Waals surface area contributed by atoms with Crippen LogP contribution in [0.4, 0.5) is 0 Å². The summed E-state index contributed by atoms with van der Waals surface area (Å²) >= 11 is 0. The van der Waals surface area contributed by atoms with Crippen LogP contribution >= 0.6 is 0 Å². The van der Waals surface area contributed by atoms with Crippen LogP contribution in [0.25, 0.3) is 21.9 Å². The van der Waals surface area contributed by atoms with Gasteiger partial charge in [0.15, 0.2) is 0 Å². The molecule has 4 heteroatoms. The summed E-state index contributed by atoms with van der Waals surface area (Å²) in [7, 11) is 0. The van der Waals surface area contributed by atoms with Crippen LogP contribution in [0.2, 0.25) is 0 Å². The van der Waals surface area contributed by atoms with Crippen molar-refractivity contribution in [2.24, 2.45) is 0 Å². The molecule has 0 amide bonds. The molecule has 1 atom stereocenters. The molecule has 4 nitrogen and oxygen atoms in total. The number of hydrogen-bond donors (Lipinski definition) is 1. The third kappa shape index (κ3) is 4.49. The fourth-order valence-electron chi connectivity index (χ4n) is 3.50. The molecule has 0 saturated carbocycles. The molecule has 1 heterocycles. The van der Waals surface area contributed by atoms with E-state index in [1.807, 2.05) is 55.5 Å². The van der Waals surface area contributed by atoms with Gasteiger partial charge < -0.3 is 9.84 Å². The predicted molar refractivity (Wildman–Crippen MR) is 119 cm³/mol. The zero-order valence-electron chi connectivity index (χ0n) is 16.8. The number of pyridine rings is 1. The third-order valence-corrected chi connectivity index (χ3v) is 5.15. The van der Waals surface area contributed by atoms with Crippen LogP contribution in [-0.4, -0.2) is 16.1 Å². The molecule has 0 aliphatic heterocycles. The highest BCUT2D eigenvalue weighted by Gasteiger charge is 2.15. The molecule has 0 spiro atoms. The van der Waals surface area contributed by atoms with Crippen molar-refractivity contribution < 1.29 is 14.6 Å². The zero-order chi connectivity index (χ0) is 20.9. The van der Waals surface area contributed by atoms with Crippen LogP contribution in [0.5, 0.6) is 5.88 Å². The molecule has 0 bridgehead atoms. The van der Waals surface area contributed by atoms with Gasteiger partial charge in [0.05, 0.1) is 0 Å². The highest BCUT2D eigenvalue weighted by atomic mass is 16.5. The molecule has 150 valence electrons. The number of hydrogen-bond acceptors (Lipinski definition) is 3. The van der Waals surface area contributed by atoms with Crippen LogP contribution in [0.3, 0.4) is 0 Å². The predicted octanol–water partition coefficient (Wildman–Crippen LogP) is 6.06. The van der Waals surface area contributed by atoms with Gasteiger partial charge in [-0.25, -0.2) is 4.98 Å². The first-order valence-corrected chi connectivity index (χ1v) is 10.0. The van der Waals surface area contributed by atoms with Crippen molar-refractivity contribution in [3.05, 3.63) is 96.2 Å². The van der Waals surface area contributed by atoms with Crippen LogP contribution < -0.4 is 4.74 Å². The number of aliphatic carboxylic acids is 1. The Bertz CT molecular complexity index is 1170. The Morgan fingerprint density at radius 2 is 1.70 bits per heavy atom. The number of benzene rings is 3. The van der Waals surface area contributed by atoms with Gasteiger partial charge in [0, 0.05) is 18.2 Å². The van der Waals surface area contributed by atoms with Gasteiger partial charge in [0.25, 0.3) is 0 Å². The van der Waals surface area contributed by atoms with Gasteiger partial charge in [0.1, 0.15) is 6.10 Å². The average Bonchev–Trinajstić information content (AvgIpc) is 2.78. The number of carbonyl (C=O) groups is 1. The highest BCUT2D eigenvalue weighted by Crippen LogP contribution is 2.34. The Kier molecular flexibility index (Phi) is 5.75. The van der Waals surface area contributed by atoms with Crippen molar-refractivity contribution in [2.75, 3.05) is 0 Å². The molecule has 0 aliphatic carbocycles. The van der Waals surface area contributed by atoms with E-state index in [4.69, 9.17) is 9.84 Å². The van der Waals surface area contributed by atoms with Gasteiger partial charge >= 0.3 is 5.97 Å². The van der Waals surface area contributed by atoms with Crippen molar-refractivity contribution in [2.45, 2.75) is 25.9 Å².